The van der Waals surface area contributed by atoms with Crippen molar-refractivity contribution in [3.05, 3.63) is 28.8 Å². The second kappa shape index (κ2) is 7.38. The molecule has 0 spiro atoms. The van der Waals surface area contributed by atoms with Crippen LogP contribution < -0.4 is 5.32 Å². The minimum Gasteiger partial charge on any atom is -0.313 e. The molecule has 1 aromatic rings. The van der Waals surface area contributed by atoms with Gasteiger partial charge in [0.1, 0.15) is 0 Å². The van der Waals surface area contributed by atoms with Crippen molar-refractivity contribution in [2.45, 2.75) is 17.9 Å². The number of rotatable bonds is 7. The average molecular weight is 308 g/mol. The molecular weight excluding hydrogens is 290 g/mol. The molecule has 0 heterocycles. The van der Waals surface area contributed by atoms with Crippen LogP contribution in [0.25, 0.3) is 0 Å². The quantitative estimate of drug-likeness (QED) is 0.787. The van der Waals surface area contributed by atoms with Crippen molar-refractivity contribution in [1.82, 2.24) is 5.32 Å². The lowest BCUT2D eigenvalue weighted by molar-refractivity contribution is 0.598. The number of benzene rings is 1. The van der Waals surface area contributed by atoms with Crippen LogP contribution >= 0.6 is 23.4 Å². The first kappa shape index (κ1) is 15.8. The molecule has 3 nitrogen and oxygen atoms in total. The van der Waals surface area contributed by atoms with Gasteiger partial charge in [-0.2, -0.15) is 11.8 Å². The predicted molar refractivity (Wildman–Crippen MR) is 79.3 cm³/mol. The van der Waals surface area contributed by atoms with Crippen molar-refractivity contribution in [3.8, 4) is 0 Å². The zero-order valence-corrected chi connectivity index (χ0v) is 13.0. The Bertz CT molecular complexity index is 489. The maximum Gasteiger partial charge on any atom is 0.175 e. The maximum absolute atomic E-state index is 11.7. The molecule has 0 fully saturated rings. The summed E-state index contributed by atoms with van der Waals surface area (Å²) in [6.45, 7) is 1.34. The predicted octanol–water partition coefficient (Wildman–Crippen LogP) is 2.59. The molecule has 1 N–H and O–H groups in total. The van der Waals surface area contributed by atoms with Crippen molar-refractivity contribution in [1.29, 1.82) is 0 Å². The van der Waals surface area contributed by atoms with Crippen LogP contribution in [-0.2, 0) is 16.4 Å². The molecule has 102 valence electrons. The summed E-state index contributed by atoms with van der Waals surface area (Å²) in [6.07, 6.45) is 4.32. The first-order valence-corrected chi connectivity index (χ1v) is 9.30. The van der Waals surface area contributed by atoms with Gasteiger partial charge in [0.15, 0.2) is 9.84 Å². The molecule has 0 aromatic heterocycles. The van der Waals surface area contributed by atoms with Crippen LogP contribution in [0.5, 0.6) is 0 Å². The second-order valence-corrected chi connectivity index (χ2v) is 7.39. The molecule has 0 aliphatic heterocycles. The summed E-state index contributed by atoms with van der Waals surface area (Å²) in [7, 11) is -3.23. The van der Waals surface area contributed by atoms with Gasteiger partial charge in [-0.1, -0.05) is 17.7 Å². The van der Waals surface area contributed by atoms with E-state index < -0.39 is 9.84 Å². The van der Waals surface area contributed by atoms with Gasteiger partial charge in [-0.15, -0.1) is 0 Å². The van der Waals surface area contributed by atoms with Gasteiger partial charge in [-0.3, -0.25) is 0 Å². The van der Waals surface area contributed by atoms with E-state index in [1.165, 1.54) is 6.26 Å². The lowest BCUT2D eigenvalue weighted by Gasteiger charge is -2.11. The molecule has 0 atom stereocenters. The van der Waals surface area contributed by atoms with E-state index in [0.717, 1.165) is 18.7 Å². The third-order valence-electron chi connectivity index (χ3n) is 2.48. The van der Waals surface area contributed by atoms with Gasteiger partial charge in [-0.05, 0) is 37.1 Å². The highest BCUT2D eigenvalue weighted by atomic mass is 35.5. The van der Waals surface area contributed by atoms with Crippen molar-refractivity contribution < 1.29 is 8.42 Å². The fourth-order valence-corrected chi connectivity index (χ4v) is 3.30. The summed E-state index contributed by atoms with van der Waals surface area (Å²) in [5, 5.41) is 3.72. The van der Waals surface area contributed by atoms with Gasteiger partial charge >= 0.3 is 0 Å². The molecule has 0 saturated heterocycles. The van der Waals surface area contributed by atoms with Crippen LogP contribution in [0.4, 0.5) is 0 Å². The van der Waals surface area contributed by atoms with Gasteiger partial charge in [0.25, 0.3) is 0 Å². The highest BCUT2D eigenvalue weighted by Crippen LogP contribution is 2.23. The standard InChI is InChI=1S/C12H18ClNO2S2/c1-17-8-4-7-14-9-10-11(13)5-3-6-12(10)18(2,15)16/h3,5-6,14H,4,7-9H2,1-2H3. The SMILES string of the molecule is CSCCCNCc1c(Cl)cccc1S(C)(=O)=O. The number of thioether (sulfide) groups is 1. The molecule has 1 aromatic carbocycles. The number of sulfone groups is 1. The van der Waals surface area contributed by atoms with Crippen molar-refractivity contribution in [3.63, 3.8) is 0 Å². The average Bonchev–Trinajstić information content (AvgIpc) is 2.29. The Morgan fingerprint density at radius 3 is 2.72 bits per heavy atom. The van der Waals surface area contributed by atoms with Crippen LogP contribution in [-0.4, -0.2) is 33.2 Å². The number of hydrogen-bond acceptors (Lipinski definition) is 4. The fraction of sp³-hybridized carbons (Fsp3) is 0.500. The Morgan fingerprint density at radius 1 is 1.39 bits per heavy atom. The summed E-state index contributed by atoms with van der Waals surface area (Å²) in [5.41, 5.74) is 0.658. The summed E-state index contributed by atoms with van der Waals surface area (Å²) >= 11 is 7.86. The van der Waals surface area contributed by atoms with Gasteiger partial charge in [-0.25, -0.2) is 8.42 Å². The minimum atomic E-state index is -3.23. The Morgan fingerprint density at radius 2 is 2.11 bits per heavy atom. The molecule has 6 heteroatoms. The van der Waals surface area contributed by atoms with E-state index in [0.29, 0.717) is 22.0 Å². The fourth-order valence-electron chi connectivity index (χ4n) is 1.61. The largest absolute Gasteiger partial charge is 0.313 e. The van der Waals surface area contributed by atoms with Crippen molar-refractivity contribution in [2.75, 3.05) is 24.8 Å². The van der Waals surface area contributed by atoms with E-state index in [2.05, 4.69) is 11.6 Å². The molecule has 0 saturated carbocycles. The lowest BCUT2D eigenvalue weighted by Crippen LogP contribution is -2.17. The lowest BCUT2D eigenvalue weighted by atomic mass is 10.2. The van der Waals surface area contributed by atoms with E-state index in [1.807, 2.05) is 0 Å². The third-order valence-corrected chi connectivity index (χ3v) is 4.71. The van der Waals surface area contributed by atoms with E-state index in [9.17, 15) is 8.42 Å². The highest BCUT2D eigenvalue weighted by Gasteiger charge is 2.15. The Kier molecular flexibility index (Phi) is 6.49. The molecular formula is C12H18ClNO2S2. The zero-order valence-electron chi connectivity index (χ0n) is 10.6. The molecule has 18 heavy (non-hydrogen) atoms. The van der Waals surface area contributed by atoms with Gasteiger partial charge < -0.3 is 5.32 Å². The Balaban J connectivity index is 2.75. The van der Waals surface area contributed by atoms with Gasteiger partial charge in [0.05, 0.1) is 4.90 Å². The third kappa shape index (κ3) is 4.80. The van der Waals surface area contributed by atoms with Gasteiger partial charge in [0.2, 0.25) is 0 Å². The van der Waals surface area contributed by atoms with Crippen molar-refractivity contribution >= 4 is 33.2 Å². The summed E-state index contributed by atoms with van der Waals surface area (Å²) in [6, 6.07) is 4.98. The van der Waals surface area contributed by atoms with Crippen LogP contribution in [0.1, 0.15) is 12.0 Å². The molecule has 0 unspecified atom stereocenters. The smallest absolute Gasteiger partial charge is 0.175 e. The number of hydrogen-bond donors (Lipinski definition) is 1. The summed E-state index contributed by atoms with van der Waals surface area (Å²) in [4.78, 5) is 0.312. The number of halogens is 1. The maximum atomic E-state index is 11.7. The minimum absolute atomic E-state index is 0.312. The van der Waals surface area contributed by atoms with Crippen LogP contribution in [0.15, 0.2) is 23.1 Å². The Hall–Kier alpha value is -0.230. The molecule has 0 radical (unpaired) electrons. The monoisotopic (exact) mass is 307 g/mol. The molecule has 0 amide bonds. The van der Waals surface area contributed by atoms with Crippen LogP contribution in [0.3, 0.4) is 0 Å². The molecule has 0 aliphatic carbocycles. The Labute approximate surface area is 118 Å². The first-order valence-electron chi connectivity index (χ1n) is 5.64. The first-order chi connectivity index (χ1) is 8.46. The van der Waals surface area contributed by atoms with E-state index in [-0.39, 0.29) is 0 Å². The van der Waals surface area contributed by atoms with E-state index in [4.69, 9.17) is 11.6 Å². The second-order valence-electron chi connectivity index (χ2n) is 4.01. The molecule has 1 rings (SSSR count). The van der Waals surface area contributed by atoms with Crippen LogP contribution in [0, 0.1) is 0 Å². The van der Waals surface area contributed by atoms with Crippen LogP contribution in [0.2, 0.25) is 5.02 Å². The highest BCUT2D eigenvalue weighted by molar-refractivity contribution is 7.98. The molecule has 0 bridgehead atoms. The summed E-state index contributed by atoms with van der Waals surface area (Å²) in [5.74, 6) is 1.09. The molecule has 0 aliphatic rings. The zero-order chi connectivity index (χ0) is 13.6. The van der Waals surface area contributed by atoms with E-state index in [1.54, 1.807) is 30.0 Å². The number of nitrogens with one attached hydrogen (secondary N) is 1. The topological polar surface area (TPSA) is 46.2 Å². The van der Waals surface area contributed by atoms with E-state index >= 15 is 0 Å². The van der Waals surface area contributed by atoms with Gasteiger partial charge in [0, 0.05) is 23.4 Å². The normalized spacial score (nSPS) is 11.7. The van der Waals surface area contributed by atoms with Crippen molar-refractivity contribution in [2.24, 2.45) is 0 Å². The summed E-state index contributed by atoms with van der Waals surface area (Å²) < 4.78 is 23.3.